The van der Waals surface area contributed by atoms with Crippen molar-refractivity contribution in [3.05, 3.63) is 35.6 Å². The van der Waals surface area contributed by atoms with E-state index in [0.29, 0.717) is 5.92 Å². The van der Waals surface area contributed by atoms with Crippen LogP contribution >= 0.6 is 12.2 Å². The molecule has 0 aromatic heterocycles. The topological polar surface area (TPSA) is 15.3 Å². The Kier molecular flexibility index (Phi) is 2.22. The van der Waals surface area contributed by atoms with Crippen LogP contribution in [0, 0.1) is 5.92 Å². The molecule has 3 rings (SSSR count). The number of allylic oxidation sites excluding steroid dienone is 5. The average Bonchev–Trinajstić information content (AvgIpc) is 2.29. The van der Waals surface area contributed by atoms with E-state index >= 15 is 0 Å². The van der Waals surface area contributed by atoms with Gasteiger partial charge in [-0.1, -0.05) is 36.5 Å². The maximum atomic E-state index is 5.38. The molecule has 1 atom stereocenters. The third-order valence-electron chi connectivity index (χ3n) is 3.32. The SMILES string of the molecule is S=C1CNCC2=C3C=CC=CC3CCN12. The van der Waals surface area contributed by atoms with Crippen LogP contribution in [-0.2, 0) is 0 Å². The van der Waals surface area contributed by atoms with Gasteiger partial charge in [0.2, 0.25) is 0 Å². The van der Waals surface area contributed by atoms with Crippen molar-refractivity contribution < 1.29 is 0 Å². The number of piperazine rings is 1. The zero-order chi connectivity index (χ0) is 10.3. The van der Waals surface area contributed by atoms with Gasteiger partial charge >= 0.3 is 0 Å². The van der Waals surface area contributed by atoms with E-state index in [-0.39, 0.29) is 0 Å². The third kappa shape index (κ3) is 1.46. The van der Waals surface area contributed by atoms with Crippen molar-refractivity contribution in [2.45, 2.75) is 6.42 Å². The second kappa shape index (κ2) is 3.58. The smallest absolute Gasteiger partial charge is 0.0962 e. The number of fused-ring (bicyclic) bond motifs is 2. The van der Waals surface area contributed by atoms with Crippen LogP contribution in [0.25, 0.3) is 0 Å². The second-order valence-electron chi connectivity index (χ2n) is 4.19. The Morgan fingerprint density at radius 1 is 1.33 bits per heavy atom. The third-order valence-corrected chi connectivity index (χ3v) is 3.69. The first-order chi connectivity index (χ1) is 7.36. The molecule has 1 fully saturated rings. The van der Waals surface area contributed by atoms with Gasteiger partial charge in [-0.15, -0.1) is 0 Å². The summed E-state index contributed by atoms with van der Waals surface area (Å²) in [6, 6.07) is 0. The molecule has 2 heterocycles. The molecule has 2 nitrogen and oxygen atoms in total. The van der Waals surface area contributed by atoms with Crippen LogP contribution in [0.3, 0.4) is 0 Å². The van der Waals surface area contributed by atoms with Gasteiger partial charge < -0.3 is 10.2 Å². The maximum absolute atomic E-state index is 5.38. The highest BCUT2D eigenvalue weighted by molar-refractivity contribution is 7.80. The molecule has 3 aliphatic rings. The van der Waals surface area contributed by atoms with Crippen molar-refractivity contribution in [2.24, 2.45) is 5.92 Å². The lowest BCUT2D eigenvalue weighted by Gasteiger charge is -2.40. The molecule has 78 valence electrons. The highest BCUT2D eigenvalue weighted by atomic mass is 32.1. The van der Waals surface area contributed by atoms with E-state index in [9.17, 15) is 0 Å². The van der Waals surface area contributed by atoms with Gasteiger partial charge in [0.1, 0.15) is 0 Å². The Bertz CT molecular complexity index is 392. The number of nitrogens with zero attached hydrogens (tertiary/aromatic N) is 1. The first kappa shape index (κ1) is 9.31. The summed E-state index contributed by atoms with van der Waals surface area (Å²) in [6.07, 6.45) is 10.0. The Morgan fingerprint density at radius 2 is 2.27 bits per heavy atom. The van der Waals surface area contributed by atoms with E-state index < -0.39 is 0 Å². The summed E-state index contributed by atoms with van der Waals surface area (Å²) in [5, 5.41) is 3.37. The van der Waals surface area contributed by atoms with Crippen LogP contribution in [-0.4, -0.2) is 29.5 Å². The van der Waals surface area contributed by atoms with Crippen molar-refractivity contribution >= 4 is 17.2 Å². The van der Waals surface area contributed by atoms with Crippen molar-refractivity contribution in [3.8, 4) is 0 Å². The lowest BCUT2D eigenvalue weighted by atomic mass is 9.86. The molecule has 1 saturated heterocycles. The first-order valence-electron chi connectivity index (χ1n) is 5.45. The number of hydrogen-bond donors (Lipinski definition) is 1. The molecule has 2 aliphatic heterocycles. The lowest BCUT2D eigenvalue weighted by molar-refractivity contribution is 0.393. The van der Waals surface area contributed by atoms with Crippen LogP contribution in [0.15, 0.2) is 35.6 Å². The molecular formula is C12H14N2S. The number of rotatable bonds is 0. The van der Waals surface area contributed by atoms with E-state index in [0.717, 1.165) is 24.6 Å². The Balaban J connectivity index is 2.04. The van der Waals surface area contributed by atoms with Crippen molar-refractivity contribution in [3.63, 3.8) is 0 Å². The summed E-state index contributed by atoms with van der Waals surface area (Å²) >= 11 is 5.38. The number of nitrogens with one attached hydrogen (secondary N) is 1. The summed E-state index contributed by atoms with van der Waals surface area (Å²) in [5.41, 5.74) is 2.85. The standard InChI is InChI=1S/C12H14N2S/c15-12-8-13-7-11-10-4-2-1-3-9(10)5-6-14(11)12/h1-4,9,13H,5-8H2. The summed E-state index contributed by atoms with van der Waals surface area (Å²) in [5.74, 6) is 0.615. The monoisotopic (exact) mass is 218 g/mol. The van der Waals surface area contributed by atoms with Gasteiger partial charge in [0.05, 0.1) is 4.99 Å². The lowest BCUT2D eigenvalue weighted by Crippen LogP contribution is -2.48. The van der Waals surface area contributed by atoms with Crippen LogP contribution < -0.4 is 5.32 Å². The predicted molar refractivity (Wildman–Crippen MR) is 65.6 cm³/mol. The van der Waals surface area contributed by atoms with Crippen LogP contribution in [0.2, 0.25) is 0 Å². The van der Waals surface area contributed by atoms with E-state index in [4.69, 9.17) is 12.2 Å². The van der Waals surface area contributed by atoms with Gasteiger partial charge in [0.25, 0.3) is 0 Å². The van der Waals surface area contributed by atoms with Gasteiger partial charge in [-0.25, -0.2) is 0 Å². The first-order valence-corrected chi connectivity index (χ1v) is 5.86. The minimum atomic E-state index is 0.615. The molecular weight excluding hydrogens is 204 g/mol. The van der Waals surface area contributed by atoms with E-state index in [1.54, 1.807) is 0 Å². The second-order valence-corrected chi connectivity index (χ2v) is 4.66. The van der Waals surface area contributed by atoms with Crippen molar-refractivity contribution in [1.29, 1.82) is 0 Å². The molecule has 0 amide bonds. The molecule has 15 heavy (non-hydrogen) atoms. The minimum Gasteiger partial charge on any atom is -0.337 e. The maximum Gasteiger partial charge on any atom is 0.0962 e. The molecule has 0 spiro atoms. The predicted octanol–water partition coefficient (Wildman–Crippen LogP) is 1.62. The highest BCUT2D eigenvalue weighted by Crippen LogP contribution is 2.32. The van der Waals surface area contributed by atoms with E-state index in [2.05, 4.69) is 34.5 Å². The van der Waals surface area contributed by atoms with Crippen molar-refractivity contribution in [2.75, 3.05) is 19.6 Å². The van der Waals surface area contributed by atoms with Crippen molar-refractivity contribution in [1.82, 2.24) is 10.2 Å². The van der Waals surface area contributed by atoms with Crippen LogP contribution in [0.5, 0.6) is 0 Å². The van der Waals surface area contributed by atoms with Crippen LogP contribution in [0.1, 0.15) is 6.42 Å². The van der Waals surface area contributed by atoms with E-state index in [1.165, 1.54) is 17.7 Å². The molecule has 0 radical (unpaired) electrons. The normalized spacial score (nSPS) is 29.2. The van der Waals surface area contributed by atoms with Gasteiger partial charge in [-0.05, 0) is 12.0 Å². The molecule has 0 aromatic carbocycles. The molecule has 0 saturated carbocycles. The number of hydrogen-bond acceptors (Lipinski definition) is 2. The van der Waals surface area contributed by atoms with Gasteiger partial charge in [0.15, 0.2) is 0 Å². The Morgan fingerprint density at radius 3 is 3.20 bits per heavy atom. The molecule has 0 bridgehead atoms. The Hall–Kier alpha value is -0.930. The molecule has 0 aromatic rings. The van der Waals surface area contributed by atoms with Crippen LogP contribution in [0.4, 0.5) is 0 Å². The number of thiocarbonyl (C=S) groups is 1. The summed E-state index contributed by atoms with van der Waals surface area (Å²) < 4.78 is 0. The zero-order valence-corrected chi connectivity index (χ0v) is 9.39. The van der Waals surface area contributed by atoms with Gasteiger partial charge in [-0.3, -0.25) is 0 Å². The van der Waals surface area contributed by atoms with E-state index in [1.807, 2.05) is 0 Å². The average molecular weight is 218 g/mol. The Labute approximate surface area is 95.3 Å². The fourth-order valence-electron chi connectivity index (χ4n) is 2.56. The fraction of sp³-hybridized carbons (Fsp3) is 0.417. The summed E-state index contributed by atoms with van der Waals surface area (Å²) in [4.78, 5) is 3.37. The highest BCUT2D eigenvalue weighted by Gasteiger charge is 2.29. The summed E-state index contributed by atoms with van der Waals surface area (Å²) in [6.45, 7) is 2.91. The van der Waals surface area contributed by atoms with Gasteiger partial charge in [-0.2, -0.15) is 0 Å². The molecule has 3 heteroatoms. The molecule has 1 unspecified atom stereocenters. The zero-order valence-electron chi connectivity index (χ0n) is 8.57. The molecule has 1 N–H and O–H groups in total. The fourth-order valence-corrected chi connectivity index (χ4v) is 2.87. The molecule has 1 aliphatic carbocycles. The largest absolute Gasteiger partial charge is 0.337 e. The minimum absolute atomic E-state index is 0.615. The quantitative estimate of drug-likeness (QED) is 0.622. The van der Waals surface area contributed by atoms with Gasteiger partial charge in [0, 0.05) is 31.2 Å². The summed E-state index contributed by atoms with van der Waals surface area (Å²) in [7, 11) is 0.